The number of pyridine rings is 1. The highest BCUT2D eigenvalue weighted by Crippen LogP contribution is 2.54. The summed E-state index contributed by atoms with van der Waals surface area (Å²) in [6.45, 7) is 25.3. The van der Waals surface area contributed by atoms with Crippen molar-refractivity contribution >= 4 is 33.9 Å². The van der Waals surface area contributed by atoms with Gasteiger partial charge in [0, 0.05) is 18.0 Å². The number of anilines is 2. The molecule has 2 aromatic carbocycles. The first-order chi connectivity index (χ1) is 27.5. The van der Waals surface area contributed by atoms with E-state index in [1.807, 2.05) is 65.5 Å². The molecule has 58 heavy (non-hydrogen) atoms. The highest BCUT2D eigenvalue weighted by atomic mass is 28.2. The van der Waals surface area contributed by atoms with Gasteiger partial charge in [0.15, 0.2) is 5.65 Å². The van der Waals surface area contributed by atoms with Crippen molar-refractivity contribution in [3.05, 3.63) is 95.3 Å². The average molecular weight is 802 g/mol. The first-order valence-electron chi connectivity index (χ1n) is 21.0. The molecule has 3 aromatic heterocycles. The first kappa shape index (κ1) is 41.5. The van der Waals surface area contributed by atoms with Crippen LogP contribution in [0.2, 0.25) is 0 Å². The van der Waals surface area contributed by atoms with E-state index >= 15 is 0 Å². The van der Waals surface area contributed by atoms with Gasteiger partial charge in [0.25, 0.3) is 0 Å². The Labute approximate surface area is 347 Å². The second kappa shape index (κ2) is 15.8. The molecule has 12 heteroatoms. The van der Waals surface area contributed by atoms with Crippen molar-refractivity contribution in [2.24, 2.45) is 23.7 Å². The van der Waals surface area contributed by atoms with Crippen LogP contribution in [0.4, 0.5) is 16.6 Å². The van der Waals surface area contributed by atoms with Gasteiger partial charge in [-0.1, -0.05) is 104 Å². The molecule has 2 aliphatic rings. The molecule has 1 saturated heterocycles. The number of amides is 2. The number of urea groups is 1. The third kappa shape index (κ3) is 7.20. The number of nitrogens with one attached hydrogen (secondary N) is 2. The van der Waals surface area contributed by atoms with Crippen LogP contribution in [0.15, 0.2) is 72.9 Å². The third-order valence-corrected chi connectivity index (χ3v) is 13.5. The van der Waals surface area contributed by atoms with Gasteiger partial charge in [0.05, 0.1) is 34.8 Å². The lowest BCUT2D eigenvalue weighted by Crippen LogP contribution is -2.75. The second-order valence-corrected chi connectivity index (χ2v) is 18.8. The lowest BCUT2D eigenvalue weighted by molar-refractivity contribution is -0.135. The van der Waals surface area contributed by atoms with Crippen molar-refractivity contribution in [3.63, 3.8) is 0 Å². The van der Waals surface area contributed by atoms with E-state index in [0.717, 1.165) is 64.8 Å². The highest BCUT2D eigenvalue weighted by molar-refractivity contribution is 5.98. The van der Waals surface area contributed by atoms with Crippen molar-refractivity contribution in [2.75, 3.05) is 16.8 Å². The smallest absolute Gasteiger partial charge is 0.320 e. The van der Waals surface area contributed by atoms with Crippen molar-refractivity contribution in [1.29, 1.82) is 0 Å². The molecule has 0 spiro atoms. The van der Waals surface area contributed by atoms with E-state index < -0.39 is 11.1 Å². The maximum Gasteiger partial charge on any atom is 0.320 e. The lowest BCUT2D eigenvalue weighted by Gasteiger charge is -2.65. The summed E-state index contributed by atoms with van der Waals surface area (Å²) in [4.78, 5) is 16.2. The Morgan fingerprint density at radius 1 is 0.914 bits per heavy atom. The van der Waals surface area contributed by atoms with Crippen LogP contribution in [-0.2, 0) is 9.84 Å². The first-order valence-corrected chi connectivity index (χ1v) is 21.4. The monoisotopic (exact) mass is 801 g/mol. The van der Waals surface area contributed by atoms with Gasteiger partial charge in [-0.05, 0) is 92.2 Å². The molecule has 2 N–H and O–H groups in total. The van der Waals surface area contributed by atoms with Gasteiger partial charge in [-0.3, -0.25) is 9.72 Å². The van der Waals surface area contributed by atoms with Crippen LogP contribution in [0.1, 0.15) is 123 Å². The van der Waals surface area contributed by atoms with Crippen LogP contribution in [0.25, 0.3) is 11.3 Å². The van der Waals surface area contributed by atoms with Crippen LogP contribution in [0.3, 0.4) is 0 Å². The fourth-order valence-corrected chi connectivity index (χ4v) is 10.4. The van der Waals surface area contributed by atoms with E-state index in [1.165, 1.54) is 0 Å². The number of benzene rings is 2. The molecule has 1 aliphatic heterocycles. The van der Waals surface area contributed by atoms with Crippen molar-refractivity contribution < 1.29 is 14.0 Å². The summed E-state index contributed by atoms with van der Waals surface area (Å²) in [5.41, 5.74) is 4.70. The molecule has 0 saturated carbocycles. The minimum atomic E-state index is -0.491. The molecule has 307 valence electrons. The lowest BCUT2D eigenvalue weighted by atomic mass is 9.56. The van der Waals surface area contributed by atoms with Gasteiger partial charge in [-0.25, -0.2) is 9.48 Å². The fraction of sp³-hybridized carbons (Fsp3) is 0.522. The number of hydrogen-bond acceptors (Lipinski definition) is 7. The molecule has 2 amide bonds. The van der Waals surface area contributed by atoms with Gasteiger partial charge in [0.1, 0.15) is 17.7 Å². The van der Waals surface area contributed by atoms with E-state index in [-0.39, 0.29) is 35.4 Å². The summed E-state index contributed by atoms with van der Waals surface area (Å²) in [6, 6.07) is 21.8. The Hall–Kier alpha value is -4.68. The zero-order valence-corrected chi connectivity index (χ0v) is 37.1. The summed E-state index contributed by atoms with van der Waals surface area (Å²) >= 11 is 0. The molecule has 0 bridgehead atoms. The van der Waals surface area contributed by atoms with E-state index in [9.17, 15) is 4.79 Å². The number of hydrogen-bond donors (Lipinski definition) is 2. The summed E-state index contributed by atoms with van der Waals surface area (Å²) in [5, 5.41) is 20.7. The molecule has 1 fully saturated rings. The quantitative estimate of drug-likeness (QED) is 0.135. The molecular weight excluding hydrogens is 741 g/mol. The van der Waals surface area contributed by atoms with Crippen LogP contribution in [0.5, 0.6) is 5.75 Å². The van der Waals surface area contributed by atoms with E-state index in [1.54, 1.807) is 0 Å². The Morgan fingerprint density at radius 2 is 1.62 bits per heavy atom. The van der Waals surface area contributed by atoms with Crippen molar-refractivity contribution in [1.82, 2.24) is 29.7 Å². The predicted octanol–water partition coefficient (Wildman–Crippen LogP) is 9.69. The Bertz CT molecular complexity index is 2240. The summed E-state index contributed by atoms with van der Waals surface area (Å²) in [6.07, 6.45) is 4.21. The van der Waals surface area contributed by atoms with Gasteiger partial charge < -0.3 is 19.4 Å². The zero-order valence-electron chi connectivity index (χ0n) is 36.1. The van der Waals surface area contributed by atoms with E-state index in [2.05, 4.69) is 124 Å². The summed E-state index contributed by atoms with van der Waals surface area (Å²) in [7, 11) is 3.64. The van der Waals surface area contributed by atoms with Crippen LogP contribution >= 0.6 is 0 Å². The number of piperidine rings is 1. The number of ether oxygens (including phenoxy) is 1. The topological polar surface area (TPSA) is 111 Å². The molecule has 5 atom stereocenters. The second-order valence-electron chi connectivity index (χ2n) is 18.6. The Balaban J connectivity index is 1.13. The molecule has 1 aliphatic carbocycles. The van der Waals surface area contributed by atoms with Crippen LogP contribution in [0, 0.1) is 30.6 Å². The fourth-order valence-electron chi connectivity index (χ4n) is 9.84. The molecule has 7 rings (SSSR count). The average Bonchev–Trinajstić information content (AvgIpc) is 3.80. The van der Waals surface area contributed by atoms with Crippen LogP contribution < -0.4 is 20.3 Å². The maximum atomic E-state index is 13.7. The minimum absolute atomic E-state index is 0.193. The molecule has 11 nitrogen and oxygen atoms in total. The number of carbonyl (C=O) groups is 1. The largest absolute Gasteiger partial charge is 0.484 e. The molecule has 3 unspecified atom stereocenters. The van der Waals surface area contributed by atoms with E-state index in [0.29, 0.717) is 24.1 Å². The molecule has 3 radical (unpaired) electrons. The van der Waals surface area contributed by atoms with Gasteiger partial charge in [-0.2, -0.15) is 5.10 Å². The van der Waals surface area contributed by atoms with Crippen molar-refractivity contribution in [3.8, 4) is 11.4 Å². The number of rotatable bonds is 10. The predicted molar refractivity (Wildman–Crippen MR) is 232 cm³/mol. The number of aromatic nitrogens is 5. The third-order valence-electron chi connectivity index (χ3n) is 13.1. The SMILES string of the molecule is Cc1ccc(-n2nc(C(C)(C)C)cc2NC(=O)N[C@H]2CC[C@@H](Oc3ccc4nnc(N5CCC(C(C)C)C(O[Si])(C(C)C)C5(C)C(C)C)n4c3)c3ccccc32)cc1. The Kier molecular flexibility index (Phi) is 11.3. The van der Waals surface area contributed by atoms with Crippen molar-refractivity contribution in [2.45, 2.75) is 124 Å². The van der Waals surface area contributed by atoms with Gasteiger partial charge in [-0.15, -0.1) is 10.2 Å². The minimum Gasteiger partial charge on any atom is -0.484 e. The van der Waals surface area contributed by atoms with E-state index in [4.69, 9.17) is 19.4 Å². The highest BCUT2D eigenvalue weighted by Gasteiger charge is 2.63. The number of carbonyl (C=O) groups excluding carboxylic acids is 1. The standard InChI is InChI=1S/C46H61N8O3Si/c1-28(2)36-24-25-53(45(11,29(3)4)46(36,57-58)30(5)6)43-50-49-40-23-20-33(27-52(40)43)56-38-22-21-37(34-14-12-13-15-35(34)38)47-42(55)48-41-26-39(44(8,9)10)51-54(41)32-18-16-31(7)17-19-32/h12-20,23,26-30,36-38H,21-22,24-25H2,1-11H3,(H2,47,48,55)/t36?,37-,38+,45?,46?/m0/s1. The van der Waals surface area contributed by atoms with Gasteiger partial charge in [0.2, 0.25) is 16.4 Å². The number of aryl methyl sites for hydroxylation is 1. The molecule has 4 heterocycles. The molecular formula is C46H61N8O3Si. The number of nitrogens with zero attached hydrogens (tertiary/aromatic N) is 6. The summed E-state index contributed by atoms with van der Waals surface area (Å²) < 4.78 is 17.3. The zero-order chi connectivity index (χ0) is 41.7. The maximum absolute atomic E-state index is 13.7. The Morgan fingerprint density at radius 3 is 2.26 bits per heavy atom. The molecule has 5 aromatic rings. The number of fused-ring (bicyclic) bond motifs is 2. The van der Waals surface area contributed by atoms with Gasteiger partial charge >= 0.3 is 6.03 Å². The van der Waals surface area contributed by atoms with Crippen LogP contribution in [-0.4, -0.2) is 58.6 Å². The normalized spacial score (nSPS) is 23.8. The summed E-state index contributed by atoms with van der Waals surface area (Å²) in [5.74, 6) is 3.37.